The van der Waals surface area contributed by atoms with E-state index >= 15 is 0 Å². The fraction of sp³-hybridized carbons (Fsp3) is 0.0588. The minimum absolute atomic E-state index is 0.386. The van der Waals surface area contributed by atoms with E-state index in [-0.39, 0.29) is 0 Å². The largest absolute Gasteiger partial charge is 0.497 e. The Labute approximate surface area is 131 Å². The lowest BCUT2D eigenvalue weighted by molar-refractivity contribution is 0.262. The summed E-state index contributed by atoms with van der Waals surface area (Å²) in [6.07, 6.45) is 0. The van der Waals surface area contributed by atoms with E-state index in [0.29, 0.717) is 28.1 Å². The molecule has 3 rings (SSSR count). The summed E-state index contributed by atoms with van der Waals surface area (Å²) in [5, 5.41) is 5.99. The number of benzene rings is 2. The van der Waals surface area contributed by atoms with Gasteiger partial charge in [-0.2, -0.15) is 0 Å². The molecule has 0 spiro atoms. The fourth-order valence-electron chi connectivity index (χ4n) is 2.20. The molecular weight excluding hydrogens is 296 g/mol. The van der Waals surface area contributed by atoms with E-state index in [0.717, 1.165) is 0 Å². The van der Waals surface area contributed by atoms with Gasteiger partial charge in [0.1, 0.15) is 11.3 Å². The number of para-hydroxylation sites is 1. The molecule has 0 unspecified atom stereocenters. The van der Waals surface area contributed by atoms with Crippen molar-refractivity contribution in [3.8, 4) is 5.75 Å². The van der Waals surface area contributed by atoms with Crippen molar-refractivity contribution in [2.24, 2.45) is 0 Å². The van der Waals surface area contributed by atoms with Gasteiger partial charge in [-0.15, -0.1) is 0 Å². The van der Waals surface area contributed by atoms with Crippen molar-refractivity contribution in [3.63, 3.8) is 0 Å². The molecule has 3 aromatic rings. The van der Waals surface area contributed by atoms with Gasteiger partial charge in [-0.1, -0.05) is 18.2 Å². The quantitative estimate of drug-likeness (QED) is 0.726. The number of anilines is 2. The summed E-state index contributed by atoms with van der Waals surface area (Å²) in [6.45, 7) is 0. The summed E-state index contributed by atoms with van der Waals surface area (Å²) in [4.78, 5) is 23.7. The monoisotopic (exact) mass is 310 g/mol. The summed E-state index contributed by atoms with van der Waals surface area (Å²) in [7, 11) is 1.55. The van der Waals surface area contributed by atoms with Gasteiger partial charge in [0.15, 0.2) is 0 Å². The van der Waals surface area contributed by atoms with Crippen LogP contribution in [0.25, 0.3) is 11.0 Å². The zero-order chi connectivity index (χ0) is 16.2. The average Bonchev–Trinajstić information content (AvgIpc) is 2.54. The third-order valence-electron chi connectivity index (χ3n) is 3.23. The molecule has 116 valence electrons. The van der Waals surface area contributed by atoms with Gasteiger partial charge in [0.05, 0.1) is 12.8 Å². The van der Waals surface area contributed by atoms with Crippen LogP contribution in [0.3, 0.4) is 0 Å². The number of amides is 2. The summed E-state index contributed by atoms with van der Waals surface area (Å²) in [6, 6.07) is 14.7. The van der Waals surface area contributed by atoms with Crippen LogP contribution in [0.15, 0.2) is 63.8 Å². The number of methoxy groups -OCH3 is 1. The molecule has 2 amide bonds. The van der Waals surface area contributed by atoms with Crippen molar-refractivity contribution >= 4 is 28.4 Å². The van der Waals surface area contributed by atoms with Crippen LogP contribution in [0.1, 0.15) is 0 Å². The molecule has 2 N–H and O–H groups in total. The first-order chi connectivity index (χ1) is 11.2. The molecule has 2 aromatic carbocycles. The van der Waals surface area contributed by atoms with Crippen molar-refractivity contribution in [2.75, 3.05) is 17.7 Å². The molecular formula is C17H14N2O4. The molecule has 1 aromatic heterocycles. The van der Waals surface area contributed by atoms with Crippen LogP contribution < -0.4 is 21.0 Å². The van der Waals surface area contributed by atoms with Gasteiger partial charge in [-0.25, -0.2) is 9.59 Å². The van der Waals surface area contributed by atoms with Crippen LogP contribution in [0.4, 0.5) is 16.2 Å². The second kappa shape index (κ2) is 6.23. The maximum atomic E-state index is 12.1. The van der Waals surface area contributed by atoms with Crippen LogP contribution in [0.2, 0.25) is 0 Å². The predicted molar refractivity (Wildman–Crippen MR) is 88.1 cm³/mol. The normalized spacial score (nSPS) is 10.3. The van der Waals surface area contributed by atoms with Crippen molar-refractivity contribution in [1.29, 1.82) is 0 Å². The van der Waals surface area contributed by atoms with Crippen LogP contribution in [-0.4, -0.2) is 13.1 Å². The van der Waals surface area contributed by atoms with E-state index < -0.39 is 11.7 Å². The first-order valence-corrected chi connectivity index (χ1v) is 6.90. The Balaban J connectivity index is 1.84. The summed E-state index contributed by atoms with van der Waals surface area (Å²) >= 11 is 0. The summed E-state index contributed by atoms with van der Waals surface area (Å²) in [5.41, 5.74) is 0.850. The molecule has 0 radical (unpaired) electrons. The van der Waals surface area contributed by atoms with Gasteiger partial charge >= 0.3 is 11.7 Å². The number of urea groups is 1. The number of carbonyl (C=O) groups is 1. The van der Waals surface area contributed by atoms with Crippen LogP contribution in [0.5, 0.6) is 5.75 Å². The standard InChI is InChI=1S/C17H14N2O4/c1-22-12-6-4-5-11(9-12)18-17(21)19-14-10-16(20)23-15-8-3-2-7-13(14)15/h2-10H,1H3,(H2,18,19,21). The van der Waals surface area contributed by atoms with E-state index in [9.17, 15) is 9.59 Å². The number of hydrogen-bond donors (Lipinski definition) is 2. The Morgan fingerprint density at radius 2 is 1.87 bits per heavy atom. The number of hydrogen-bond acceptors (Lipinski definition) is 4. The van der Waals surface area contributed by atoms with E-state index in [1.54, 1.807) is 55.6 Å². The zero-order valence-electron chi connectivity index (χ0n) is 12.3. The third-order valence-corrected chi connectivity index (χ3v) is 3.23. The Morgan fingerprint density at radius 3 is 2.70 bits per heavy atom. The number of nitrogens with one attached hydrogen (secondary N) is 2. The highest BCUT2D eigenvalue weighted by molar-refractivity contribution is 6.05. The van der Waals surface area contributed by atoms with E-state index in [4.69, 9.17) is 9.15 Å². The van der Waals surface area contributed by atoms with Crippen molar-refractivity contribution in [1.82, 2.24) is 0 Å². The van der Waals surface area contributed by atoms with Crippen molar-refractivity contribution in [3.05, 3.63) is 65.0 Å². The van der Waals surface area contributed by atoms with Crippen molar-refractivity contribution < 1.29 is 13.9 Å². The fourth-order valence-corrected chi connectivity index (χ4v) is 2.20. The number of rotatable bonds is 3. The molecule has 0 aliphatic heterocycles. The maximum absolute atomic E-state index is 12.1. The molecule has 6 heteroatoms. The molecule has 1 heterocycles. The van der Waals surface area contributed by atoms with Crippen LogP contribution >= 0.6 is 0 Å². The first-order valence-electron chi connectivity index (χ1n) is 6.90. The van der Waals surface area contributed by atoms with Gasteiger partial charge in [-0.3, -0.25) is 0 Å². The highest BCUT2D eigenvalue weighted by atomic mass is 16.5. The topological polar surface area (TPSA) is 80.6 Å². The van der Waals surface area contributed by atoms with E-state index in [1.807, 2.05) is 0 Å². The number of carbonyl (C=O) groups excluding carboxylic acids is 1. The Morgan fingerprint density at radius 1 is 1.04 bits per heavy atom. The molecule has 0 fully saturated rings. The lowest BCUT2D eigenvalue weighted by Gasteiger charge is -2.10. The smallest absolute Gasteiger partial charge is 0.338 e. The predicted octanol–water partition coefficient (Wildman–Crippen LogP) is 3.45. The van der Waals surface area contributed by atoms with Gasteiger partial charge < -0.3 is 19.8 Å². The van der Waals surface area contributed by atoms with Crippen LogP contribution in [0, 0.1) is 0 Å². The molecule has 0 bridgehead atoms. The van der Waals surface area contributed by atoms with Crippen molar-refractivity contribution in [2.45, 2.75) is 0 Å². The summed E-state index contributed by atoms with van der Waals surface area (Å²) in [5.74, 6) is 0.633. The second-order valence-corrected chi connectivity index (χ2v) is 4.79. The lowest BCUT2D eigenvalue weighted by Crippen LogP contribution is -2.20. The maximum Gasteiger partial charge on any atom is 0.338 e. The van der Waals surface area contributed by atoms with Gasteiger partial charge in [0.2, 0.25) is 0 Å². The van der Waals surface area contributed by atoms with Gasteiger partial charge in [0.25, 0.3) is 0 Å². The molecule has 0 atom stereocenters. The molecule has 0 saturated heterocycles. The highest BCUT2D eigenvalue weighted by Gasteiger charge is 2.09. The Kier molecular flexibility index (Phi) is 3.97. The first kappa shape index (κ1) is 14.6. The number of fused-ring (bicyclic) bond motifs is 1. The van der Waals surface area contributed by atoms with E-state index in [2.05, 4.69) is 10.6 Å². The SMILES string of the molecule is COc1cccc(NC(=O)Nc2cc(=O)oc3ccccc23)c1. The number of ether oxygens (including phenoxy) is 1. The third kappa shape index (κ3) is 3.32. The molecule has 6 nitrogen and oxygen atoms in total. The minimum atomic E-state index is -0.527. The Hall–Kier alpha value is -3.28. The highest BCUT2D eigenvalue weighted by Crippen LogP contribution is 2.22. The molecule has 0 saturated carbocycles. The average molecular weight is 310 g/mol. The molecule has 0 aliphatic rings. The Bertz CT molecular complexity index is 918. The van der Waals surface area contributed by atoms with Gasteiger partial charge in [-0.05, 0) is 24.3 Å². The molecule has 0 aliphatic carbocycles. The molecule has 23 heavy (non-hydrogen) atoms. The van der Waals surface area contributed by atoms with Gasteiger partial charge in [0, 0.05) is 23.2 Å². The zero-order valence-corrected chi connectivity index (χ0v) is 12.3. The lowest BCUT2D eigenvalue weighted by atomic mass is 10.2. The minimum Gasteiger partial charge on any atom is -0.497 e. The van der Waals surface area contributed by atoms with Crippen LogP contribution in [-0.2, 0) is 0 Å². The summed E-state index contributed by atoms with van der Waals surface area (Å²) < 4.78 is 10.2. The van der Waals surface area contributed by atoms with E-state index in [1.165, 1.54) is 6.07 Å². The second-order valence-electron chi connectivity index (χ2n) is 4.79.